The summed E-state index contributed by atoms with van der Waals surface area (Å²) in [6.45, 7) is 4.42. The van der Waals surface area contributed by atoms with E-state index >= 15 is 0 Å². The van der Waals surface area contributed by atoms with Crippen molar-refractivity contribution in [1.29, 1.82) is 0 Å². The van der Waals surface area contributed by atoms with Gasteiger partial charge in [-0.15, -0.1) is 10.2 Å². The minimum atomic E-state index is -3.57. The number of nitrogen functional groups attached to an aromatic ring is 1. The van der Waals surface area contributed by atoms with E-state index in [0.29, 0.717) is 40.4 Å². The minimum Gasteiger partial charge on any atom is -0.335 e. The van der Waals surface area contributed by atoms with Gasteiger partial charge in [0.05, 0.1) is 4.90 Å². The molecular weight excluding hydrogens is 430 g/mol. The average molecular weight is 452 g/mol. The summed E-state index contributed by atoms with van der Waals surface area (Å²) < 4.78 is 28.4. The smallest absolute Gasteiger partial charge is 0.243 e. The quantitative estimate of drug-likeness (QED) is 0.415. The van der Waals surface area contributed by atoms with Gasteiger partial charge in [0, 0.05) is 29.4 Å². The number of aromatic nitrogens is 3. The maximum Gasteiger partial charge on any atom is 0.243 e. The number of hydrogen-bond acceptors (Lipinski definition) is 6. The van der Waals surface area contributed by atoms with Crippen LogP contribution in [0.2, 0.25) is 5.02 Å². The highest BCUT2D eigenvalue weighted by Crippen LogP contribution is 2.28. The zero-order chi connectivity index (χ0) is 21.0. The van der Waals surface area contributed by atoms with Gasteiger partial charge in [-0.2, -0.15) is 4.31 Å². The second kappa shape index (κ2) is 9.17. The molecule has 7 nitrogen and oxygen atoms in total. The monoisotopic (exact) mass is 451 g/mol. The Balaban J connectivity index is 1.86. The lowest BCUT2D eigenvalue weighted by Gasteiger charge is -2.18. The lowest BCUT2D eigenvalue weighted by atomic mass is 10.2. The van der Waals surface area contributed by atoms with Crippen LogP contribution in [-0.4, -0.2) is 40.7 Å². The van der Waals surface area contributed by atoms with Gasteiger partial charge in [-0.1, -0.05) is 67.5 Å². The average Bonchev–Trinajstić information content (AvgIpc) is 3.08. The molecule has 3 aromatic rings. The van der Waals surface area contributed by atoms with E-state index in [0.717, 1.165) is 5.56 Å². The van der Waals surface area contributed by atoms with Gasteiger partial charge in [-0.25, -0.2) is 13.1 Å². The third kappa shape index (κ3) is 4.58. The van der Waals surface area contributed by atoms with Gasteiger partial charge in [0.2, 0.25) is 15.2 Å². The number of nitrogens with zero attached hydrogens (tertiary/aromatic N) is 4. The molecule has 0 aliphatic heterocycles. The summed E-state index contributed by atoms with van der Waals surface area (Å²) >= 11 is 7.60. The van der Waals surface area contributed by atoms with E-state index in [1.807, 2.05) is 38.1 Å². The van der Waals surface area contributed by atoms with Gasteiger partial charge in [-0.05, 0) is 23.8 Å². The van der Waals surface area contributed by atoms with Crippen molar-refractivity contribution in [1.82, 2.24) is 19.2 Å². The number of halogens is 1. The van der Waals surface area contributed by atoms with Gasteiger partial charge in [0.1, 0.15) is 0 Å². The normalized spacial score (nSPS) is 11.9. The van der Waals surface area contributed by atoms with Crippen molar-refractivity contribution in [2.24, 2.45) is 0 Å². The minimum absolute atomic E-state index is 0.201. The Morgan fingerprint density at radius 1 is 1.10 bits per heavy atom. The van der Waals surface area contributed by atoms with Crippen molar-refractivity contribution in [3.05, 3.63) is 59.1 Å². The van der Waals surface area contributed by atoms with Crippen LogP contribution in [0.25, 0.3) is 11.4 Å². The Bertz CT molecular complexity index is 1100. The number of sulfonamides is 1. The van der Waals surface area contributed by atoms with Crippen LogP contribution in [0.1, 0.15) is 19.4 Å². The van der Waals surface area contributed by atoms with E-state index in [4.69, 9.17) is 17.4 Å². The number of hydrogen-bond donors (Lipinski definition) is 1. The maximum atomic E-state index is 12.8. The predicted molar refractivity (Wildman–Crippen MR) is 117 cm³/mol. The Hall–Kier alpha value is -2.07. The summed E-state index contributed by atoms with van der Waals surface area (Å²) in [5.74, 6) is 7.17. The third-order valence-corrected chi connectivity index (χ3v) is 7.82. The summed E-state index contributed by atoms with van der Waals surface area (Å²) in [7, 11) is -3.57. The van der Waals surface area contributed by atoms with Gasteiger partial charge < -0.3 is 5.84 Å². The highest BCUT2D eigenvalue weighted by Gasteiger charge is 2.23. The molecule has 0 aliphatic carbocycles. The van der Waals surface area contributed by atoms with E-state index in [9.17, 15) is 8.42 Å². The molecule has 3 rings (SSSR count). The van der Waals surface area contributed by atoms with Gasteiger partial charge in [0.15, 0.2) is 5.82 Å². The Kier molecular flexibility index (Phi) is 6.84. The maximum absolute atomic E-state index is 12.8. The van der Waals surface area contributed by atoms with E-state index in [1.165, 1.54) is 20.7 Å². The van der Waals surface area contributed by atoms with E-state index < -0.39 is 10.0 Å². The molecular formula is C19H22ClN5O2S2. The van der Waals surface area contributed by atoms with Crippen LogP contribution in [-0.2, 0) is 15.8 Å². The third-order valence-electron chi connectivity index (χ3n) is 4.41. The Labute approximate surface area is 179 Å². The van der Waals surface area contributed by atoms with Gasteiger partial charge in [-0.3, -0.25) is 0 Å². The van der Waals surface area contributed by atoms with Crippen LogP contribution in [0.5, 0.6) is 0 Å². The zero-order valence-corrected chi connectivity index (χ0v) is 18.5. The molecule has 1 heterocycles. The first-order chi connectivity index (χ1) is 13.9. The van der Waals surface area contributed by atoms with Crippen LogP contribution < -0.4 is 5.84 Å². The largest absolute Gasteiger partial charge is 0.335 e. The van der Waals surface area contributed by atoms with Crippen molar-refractivity contribution in [3.8, 4) is 11.4 Å². The standard InChI is InChI=1S/C19H22ClN5O2S2/c1-3-24(4-2)29(26,27)16-10-7-9-14(12-16)18-22-23-19(25(18)21)28-13-15-8-5-6-11-17(15)20/h5-12H,3-4,13,21H2,1-2H3. The van der Waals surface area contributed by atoms with Crippen LogP contribution in [0.15, 0.2) is 58.6 Å². The summed E-state index contributed by atoms with van der Waals surface area (Å²) in [6.07, 6.45) is 0. The topological polar surface area (TPSA) is 94.1 Å². The molecule has 2 N–H and O–H groups in total. The molecule has 10 heteroatoms. The lowest BCUT2D eigenvalue weighted by molar-refractivity contribution is 0.445. The molecule has 0 saturated carbocycles. The molecule has 2 aromatic carbocycles. The molecule has 0 radical (unpaired) electrons. The van der Waals surface area contributed by atoms with Gasteiger partial charge in [0.25, 0.3) is 0 Å². The predicted octanol–water partition coefficient (Wildman–Crippen LogP) is 3.64. The molecule has 154 valence electrons. The van der Waals surface area contributed by atoms with Crippen LogP contribution >= 0.6 is 23.4 Å². The fraction of sp³-hybridized carbons (Fsp3) is 0.263. The first kappa shape index (κ1) is 21.6. The lowest BCUT2D eigenvalue weighted by Crippen LogP contribution is -2.30. The zero-order valence-electron chi connectivity index (χ0n) is 16.1. The number of thioether (sulfide) groups is 1. The van der Waals surface area contributed by atoms with Crippen LogP contribution in [0, 0.1) is 0 Å². The highest BCUT2D eigenvalue weighted by molar-refractivity contribution is 7.98. The van der Waals surface area contributed by atoms with Crippen LogP contribution in [0.3, 0.4) is 0 Å². The summed E-state index contributed by atoms with van der Waals surface area (Å²) in [5.41, 5.74) is 1.55. The molecule has 0 atom stereocenters. The van der Waals surface area contributed by atoms with Crippen molar-refractivity contribution in [2.75, 3.05) is 18.9 Å². The molecule has 29 heavy (non-hydrogen) atoms. The SMILES string of the molecule is CCN(CC)S(=O)(=O)c1cccc(-c2nnc(SCc3ccccc3Cl)n2N)c1. The van der Waals surface area contributed by atoms with Crippen LogP contribution in [0.4, 0.5) is 0 Å². The Morgan fingerprint density at radius 3 is 2.52 bits per heavy atom. The fourth-order valence-electron chi connectivity index (χ4n) is 2.84. The summed E-state index contributed by atoms with van der Waals surface area (Å²) in [6, 6.07) is 14.1. The molecule has 0 saturated heterocycles. The number of benzene rings is 2. The molecule has 0 bridgehead atoms. The van der Waals surface area contributed by atoms with E-state index in [-0.39, 0.29) is 4.90 Å². The van der Waals surface area contributed by atoms with Crippen molar-refractivity contribution in [3.63, 3.8) is 0 Å². The molecule has 0 aliphatic rings. The Morgan fingerprint density at radius 2 is 1.83 bits per heavy atom. The van der Waals surface area contributed by atoms with E-state index in [1.54, 1.807) is 24.3 Å². The first-order valence-electron chi connectivity index (χ1n) is 9.05. The number of nitrogens with two attached hydrogens (primary N) is 1. The molecule has 0 amide bonds. The van der Waals surface area contributed by atoms with Crippen molar-refractivity contribution in [2.45, 2.75) is 29.7 Å². The van der Waals surface area contributed by atoms with Crippen molar-refractivity contribution >= 4 is 33.4 Å². The van der Waals surface area contributed by atoms with E-state index in [2.05, 4.69) is 10.2 Å². The van der Waals surface area contributed by atoms with Gasteiger partial charge >= 0.3 is 0 Å². The highest BCUT2D eigenvalue weighted by atomic mass is 35.5. The summed E-state index contributed by atoms with van der Waals surface area (Å²) in [4.78, 5) is 0.201. The molecule has 0 spiro atoms. The van der Waals surface area contributed by atoms with Crippen molar-refractivity contribution < 1.29 is 8.42 Å². The first-order valence-corrected chi connectivity index (χ1v) is 11.9. The molecule has 0 unspecified atom stereocenters. The second-order valence-corrected chi connectivity index (χ2v) is 9.46. The number of rotatable bonds is 8. The summed E-state index contributed by atoms with van der Waals surface area (Å²) in [5, 5.41) is 9.49. The second-order valence-electron chi connectivity index (χ2n) is 6.17. The fourth-order valence-corrected chi connectivity index (χ4v) is 5.48. The molecule has 1 aromatic heterocycles. The molecule has 0 fully saturated rings.